The topological polar surface area (TPSA) is 19.7 Å². The molecule has 4 nitrogen and oxygen atoms in total. The van der Waals surface area contributed by atoms with Crippen molar-refractivity contribution in [1.29, 1.82) is 0 Å². The molecule has 4 heteroatoms. The first-order valence-electron chi connectivity index (χ1n) is 34.5. The molecular formula is C96H62N4. The number of hydrogen-bond acceptors (Lipinski definition) is 0. The number of aromatic nitrogens is 4. The van der Waals surface area contributed by atoms with Crippen molar-refractivity contribution in [1.82, 2.24) is 18.3 Å². The van der Waals surface area contributed by atoms with Crippen LogP contribution in [0.2, 0.25) is 0 Å². The molecule has 0 aliphatic rings. The molecule has 0 bridgehead atoms. The maximum Gasteiger partial charge on any atom is 0.0547 e. The molecule has 17 aromatic carbocycles. The molecule has 0 aliphatic heterocycles. The number of nitrogens with zero attached hydrogens (tertiary/aromatic N) is 4. The Balaban J connectivity index is 0.000000135. The van der Waals surface area contributed by atoms with Crippen molar-refractivity contribution >= 4 is 120 Å². The zero-order valence-corrected chi connectivity index (χ0v) is 54.6. The van der Waals surface area contributed by atoms with Gasteiger partial charge in [0.05, 0.1) is 44.1 Å². The molecule has 4 heterocycles. The molecule has 0 N–H and O–H groups in total. The molecule has 21 rings (SSSR count). The minimum atomic E-state index is 1.15. The van der Waals surface area contributed by atoms with Gasteiger partial charge in [-0.05, 0) is 192 Å². The predicted molar refractivity (Wildman–Crippen MR) is 425 cm³/mol. The van der Waals surface area contributed by atoms with Crippen LogP contribution < -0.4 is 0 Å². The zero-order chi connectivity index (χ0) is 65.8. The van der Waals surface area contributed by atoms with E-state index < -0.39 is 0 Å². The van der Waals surface area contributed by atoms with Crippen molar-refractivity contribution in [3.63, 3.8) is 0 Å². The number of para-hydroxylation sites is 6. The van der Waals surface area contributed by atoms with Gasteiger partial charge in [-0.3, -0.25) is 0 Å². The quantitative estimate of drug-likeness (QED) is 0.135. The summed E-state index contributed by atoms with van der Waals surface area (Å²) >= 11 is 0. The summed E-state index contributed by atoms with van der Waals surface area (Å²) in [7, 11) is 0. The Morgan fingerprint density at radius 1 is 0.110 bits per heavy atom. The zero-order valence-electron chi connectivity index (χ0n) is 54.6. The molecule has 0 saturated heterocycles. The van der Waals surface area contributed by atoms with Gasteiger partial charge in [0.2, 0.25) is 0 Å². The molecule has 0 radical (unpaired) electrons. The van der Waals surface area contributed by atoms with Gasteiger partial charge >= 0.3 is 0 Å². The van der Waals surface area contributed by atoms with Crippen LogP contribution in [0.15, 0.2) is 376 Å². The van der Waals surface area contributed by atoms with Gasteiger partial charge in [-0.1, -0.05) is 261 Å². The van der Waals surface area contributed by atoms with E-state index in [1.54, 1.807) is 0 Å². The first kappa shape index (κ1) is 57.0. The first-order chi connectivity index (χ1) is 49.6. The molecule has 0 aliphatic carbocycles. The fourth-order valence-electron chi connectivity index (χ4n) is 16.2. The molecule has 0 saturated carbocycles. The molecule has 0 spiro atoms. The van der Waals surface area contributed by atoms with E-state index in [-0.39, 0.29) is 0 Å². The van der Waals surface area contributed by atoms with Crippen molar-refractivity contribution in [3.05, 3.63) is 376 Å². The lowest BCUT2D eigenvalue weighted by Crippen LogP contribution is -1.96. The average molecular weight is 1270 g/mol. The van der Waals surface area contributed by atoms with Crippen LogP contribution in [0, 0.1) is 0 Å². The second-order valence-electron chi connectivity index (χ2n) is 26.3. The lowest BCUT2D eigenvalue weighted by Gasteiger charge is -2.14. The molecule has 0 fully saturated rings. The van der Waals surface area contributed by atoms with E-state index >= 15 is 0 Å². The molecular weight excluding hydrogens is 1210 g/mol. The molecule has 0 amide bonds. The highest BCUT2D eigenvalue weighted by molar-refractivity contribution is 6.26. The summed E-state index contributed by atoms with van der Waals surface area (Å²) in [6, 6.07) is 137. The first-order valence-corrected chi connectivity index (χ1v) is 34.5. The number of benzene rings is 17. The van der Waals surface area contributed by atoms with Crippen LogP contribution in [-0.4, -0.2) is 18.3 Å². The maximum atomic E-state index is 2.46. The maximum absolute atomic E-state index is 2.46. The van der Waals surface area contributed by atoms with Crippen LogP contribution in [0.1, 0.15) is 0 Å². The Hall–Kier alpha value is -13.3. The summed E-state index contributed by atoms with van der Waals surface area (Å²) in [5, 5.41) is 17.8. The second-order valence-corrected chi connectivity index (χ2v) is 26.3. The molecule has 0 atom stereocenters. The van der Waals surface area contributed by atoms with Crippen molar-refractivity contribution in [2.24, 2.45) is 0 Å². The van der Waals surface area contributed by atoms with Crippen LogP contribution in [0.4, 0.5) is 0 Å². The third-order valence-corrected chi connectivity index (χ3v) is 20.8. The van der Waals surface area contributed by atoms with Crippen molar-refractivity contribution in [2.75, 3.05) is 0 Å². The summed E-state index contributed by atoms with van der Waals surface area (Å²) < 4.78 is 9.66. The van der Waals surface area contributed by atoms with Gasteiger partial charge < -0.3 is 18.3 Å². The fourth-order valence-corrected chi connectivity index (χ4v) is 16.2. The number of fused-ring (bicyclic) bond motifs is 18. The van der Waals surface area contributed by atoms with E-state index in [0.29, 0.717) is 0 Å². The van der Waals surface area contributed by atoms with Crippen LogP contribution in [-0.2, 0) is 0 Å². The fraction of sp³-hybridized carbons (Fsp3) is 0. The Morgan fingerprint density at radius 2 is 0.390 bits per heavy atom. The van der Waals surface area contributed by atoms with Gasteiger partial charge in [-0.15, -0.1) is 0 Å². The van der Waals surface area contributed by atoms with Gasteiger partial charge in [0.15, 0.2) is 0 Å². The van der Waals surface area contributed by atoms with E-state index in [4.69, 9.17) is 0 Å². The lowest BCUT2D eigenvalue weighted by atomic mass is 9.94. The average Bonchev–Trinajstić information content (AvgIpc) is 1.58. The summed E-state index contributed by atoms with van der Waals surface area (Å²) in [6.07, 6.45) is 0. The largest absolute Gasteiger partial charge is 0.309 e. The Morgan fingerprint density at radius 3 is 0.810 bits per heavy atom. The molecule has 21 aromatic rings. The number of rotatable bonds is 8. The smallest absolute Gasteiger partial charge is 0.0547 e. The van der Waals surface area contributed by atoms with Gasteiger partial charge in [0.1, 0.15) is 0 Å². The van der Waals surface area contributed by atoms with Crippen LogP contribution in [0.3, 0.4) is 0 Å². The van der Waals surface area contributed by atoms with Crippen molar-refractivity contribution in [3.8, 4) is 67.3 Å². The predicted octanol–water partition coefficient (Wildman–Crippen LogP) is 25.9. The third kappa shape index (κ3) is 9.22. The van der Waals surface area contributed by atoms with E-state index in [1.165, 1.54) is 181 Å². The Bertz CT molecular complexity index is 6720. The van der Waals surface area contributed by atoms with Gasteiger partial charge in [0.25, 0.3) is 0 Å². The SMILES string of the molecule is c1ccc(-c2cc(-c3ccccc3)cc(-n3c4ccccc4c4ccc(-c5ccc6c(c5)c5ccccc5n6-c5ccccc5)cc43)c2)cc1.c1ccc(-n2c3ccccc3c3cc(-c4ccc5c6ccccc6n(-c6ccc7c8ccccc8c8ccccc8c7c6)c5c4)ccc32)cc1. The molecule has 100 heavy (non-hydrogen) atoms. The number of hydrogen-bond donors (Lipinski definition) is 0. The van der Waals surface area contributed by atoms with E-state index in [1.807, 2.05) is 0 Å². The molecule has 466 valence electrons. The van der Waals surface area contributed by atoms with Crippen molar-refractivity contribution < 1.29 is 0 Å². The Labute approximate surface area is 577 Å². The van der Waals surface area contributed by atoms with Gasteiger partial charge in [-0.25, -0.2) is 0 Å². The lowest BCUT2D eigenvalue weighted by molar-refractivity contribution is 1.18. The van der Waals surface area contributed by atoms with Crippen LogP contribution in [0.25, 0.3) is 187 Å². The highest BCUT2D eigenvalue weighted by atomic mass is 15.0. The molecule has 0 unspecified atom stereocenters. The van der Waals surface area contributed by atoms with E-state index in [0.717, 1.165) is 5.69 Å². The Kier molecular flexibility index (Phi) is 13.2. The summed E-state index contributed by atoms with van der Waals surface area (Å²) in [5.41, 5.74) is 24.0. The standard InChI is InChI=1S/C48H30N2.C48H32N2/c1-2-12-33(13-3-1)49-46-21-11-9-19-41(46)44-28-31(23-27-47(44)49)32-22-25-42-40-18-8-10-20-45(40)50(48(42)29-32)34-24-26-39-37-16-5-4-14-35(37)36-15-6-7-17-38(36)43(39)30-34;1-4-14-33(15-5-1)37-28-38(34-16-6-2-7-17-34)30-40(29-37)50-45-22-12-10-20-41(45)43-26-24-36(32-48(43)50)35-25-27-47-44(31-35)42-21-11-13-23-46(42)49(47)39-18-8-3-9-19-39/h1-30H;1-32H. The normalized spacial score (nSPS) is 11.8. The van der Waals surface area contributed by atoms with Gasteiger partial charge in [0, 0.05) is 65.8 Å². The summed E-state index contributed by atoms with van der Waals surface area (Å²) in [5.74, 6) is 0. The second kappa shape index (κ2) is 23.2. The highest BCUT2D eigenvalue weighted by Gasteiger charge is 2.21. The minimum absolute atomic E-state index is 1.15. The van der Waals surface area contributed by atoms with Crippen LogP contribution in [0.5, 0.6) is 0 Å². The highest BCUT2D eigenvalue weighted by Crippen LogP contribution is 2.44. The minimum Gasteiger partial charge on any atom is -0.309 e. The summed E-state index contributed by atoms with van der Waals surface area (Å²) in [4.78, 5) is 0. The molecule has 4 aromatic heterocycles. The summed E-state index contributed by atoms with van der Waals surface area (Å²) in [6.45, 7) is 0. The van der Waals surface area contributed by atoms with Gasteiger partial charge in [-0.2, -0.15) is 0 Å². The third-order valence-electron chi connectivity index (χ3n) is 20.8. The monoisotopic (exact) mass is 1270 g/mol. The van der Waals surface area contributed by atoms with Crippen molar-refractivity contribution in [2.45, 2.75) is 0 Å². The van der Waals surface area contributed by atoms with E-state index in [2.05, 4.69) is 394 Å². The van der Waals surface area contributed by atoms with Crippen LogP contribution >= 0.6 is 0 Å². The van der Waals surface area contributed by atoms with E-state index in [9.17, 15) is 0 Å².